The van der Waals surface area contributed by atoms with Gasteiger partial charge in [0.25, 0.3) is 0 Å². The Kier molecular flexibility index (Phi) is 4.85. The minimum atomic E-state index is -0.526. The van der Waals surface area contributed by atoms with Gasteiger partial charge in [-0.2, -0.15) is 0 Å². The lowest BCUT2D eigenvalue weighted by Crippen LogP contribution is -2.31. The molecule has 0 aliphatic carbocycles. The number of aromatic nitrogens is 2. The Balaban J connectivity index is 1.61. The number of amides is 1. The van der Waals surface area contributed by atoms with Crippen LogP contribution in [0.25, 0.3) is 10.9 Å². The molecule has 0 fully saturated rings. The van der Waals surface area contributed by atoms with Crippen molar-refractivity contribution >= 4 is 40.4 Å². The summed E-state index contributed by atoms with van der Waals surface area (Å²) in [6.07, 6.45) is 6.56. The molecule has 0 radical (unpaired) electrons. The van der Waals surface area contributed by atoms with Gasteiger partial charge in [0.05, 0.1) is 30.3 Å². The van der Waals surface area contributed by atoms with Gasteiger partial charge in [0, 0.05) is 28.0 Å². The molecular weight excluding hydrogens is 336 g/mol. The van der Waals surface area contributed by atoms with Crippen LogP contribution in [0.4, 0.5) is 10.5 Å². The molecular formula is C18H20N4O2S. The normalized spacial score (nSPS) is 12.0. The number of aliphatic imine (C=N–C) groups is 1. The fourth-order valence-corrected chi connectivity index (χ4v) is 3.12. The van der Waals surface area contributed by atoms with E-state index in [0.29, 0.717) is 0 Å². The second-order valence-corrected chi connectivity index (χ2v) is 7.55. The van der Waals surface area contributed by atoms with Crippen molar-refractivity contribution in [2.45, 2.75) is 32.9 Å². The first-order chi connectivity index (χ1) is 11.9. The molecule has 0 unspecified atom stereocenters. The minimum Gasteiger partial charge on any atom is -0.444 e. The first-order valence-electron chi connectivity index (χ1n) is 7.89. The lowest BCUT2D eigenvalue weighted by atomic mass is 10.2. The van der Waals surface area contributed by atoms with Gasteiger partial charge in [0.2, 0.25) is 0 Å². The number of nitrogens with one attached hydrogen (secondary N) is 1. The van der Waals surface area contributed by atoms with E-state index in [0.717, 1.165) is 17.7 Å². The Morgan fingerprint density at radius 1 is 1.44 bits per heavy atom. The Bertz CT molecular complexity index is 905. The van der Waals surface area contributed by atoms with Crippen LogP contribution in [-0.2, 0) is 11.3 Å². The Labute approximate surface area is 150 Å². The van der Waals surface area contributed by atoms with E-state index in [2.05, 4.69) is 32.1 Å². The van der Waals surface area contributed by atoms with Gasteiger partial charge in [-0.1, -0.05) is 0 Å². The van der Waals surface area contributed by atoms with Crippen molar-refractivity contribution in [3.05, 3.63) is 47.0 Å². The Hall–Kier alpha value is -2.67. The summed E-state index contributed by atoms with van der Waals surface area (Å²) in [5.41, 5.74) is 1.38. The number of nitrogens with zero attached hydrogens (tertiary/aromatic N) is 3. The van der Waals surface area contributed by atoms with Crippen molar-refractivity contribution in [1.29, 1.82) is 0 Å². The molecule has 0 atom stereocenters. The third-order valence-electron chi connectivity index (χ3n) is 3.34. The van der Waals surface area contributed by atoms with Crippen LogP contribution in [0.5, 0.6) is 0 Å². The zero-order valence-electron chi connectivity index (χ0n) is 14.4. The summed E-state index contributed by atoms with van der Waals surface area (Å²) in [7, 11) is 0. The number of ether oxygens (including phenoxy) is 1. The molecule has 7 heteroatoms. The third kappa shape index (κ3) is 4.67. The maximum atomic E-state index is 11.6. The number of fused-ring (bicyclic) bond motifs is 1. The van der Waals surface area contributed by atoms with Gasteiger partial charge in [-0.15, -0.1) is 11.3 Å². The van der Waals surface area contributed by atoms with E-state index < -0.39 is 11.7 Å². The summed E-state index contributed by atoms with van der Waals surface area (Å²) in [4.78, 5) is 21.2. The van der Waals surface area contributed by atoms with E-state index in [1.54, 1.807) is 17.5 Å². The SMILES string of the molecule is CC(C)(C)OC(=O)NC=Nc1csc(Cn2ccc3ccncc32)c1. The van der Waals surface area contributed by atoms with E-state index in [4.69, 9.17) is 4.74 Å². The largest absolute Gasteiger partial charge is 0.444 e. The van der Waals surface area contributed by atoms with E-state index in [9.17, 15) is 4.79 Å². The standard InChI is InChI=1S/C18H20N4O2S/c1-18(2,3)24-17(23)21-12-20-14-8-15(25-11-14)10-22-7-5-13-4-6-19-9-16(13)22/h4-9,11-12H,10H2,1-3H3,(H,20,21,23). The summed E-state index contributed by atoms with van der Waals surface area (Å²) in [5.74, 6) is 0. The van der Waals surface area contributed by atoms with E-state index in [1.165, 1.54) is 16.6 Å². The van der Waals surface area contributed by atoms with Crippen LogP contribution in [0.15, 0.2) is 47.2 Å². The summed E-state index contributed by atoms with van der Waals surface area (Å²) >= 11 is 1.63. The van der Waals surface area contributed by atoms with Crippen LogP contribution in [0, 0.1) is 0 Å². The highest BCUT2D eigenvalue weighted by Gasteiger charge is 2.15. The third-order valence-corrected chi connectivity index (χ3v) is 4.25. The first-order valence-corrected chi connectivity index (χ1v) is 8.77. The number of rotatable bonds is 4. The van der Waals surface area contributed by atoms with E-state index in [-0.39, 0.29) is 0 Å². The number of thiophene rings is 1. The molecule has 25 heavy (non-hydrogen) atoms. The molecule has 130 valence electrons. The molecule has 3 aromatic rings. The molecule has 0 spiro atoms. The van der Waals surface area contributed by atoms with Crippen LogP contribution in [-0.4, -0.2) is 27.6 Å². The number of pyridine rings is 1. The molecule has 0 aliphatic rings. The fraction of sp³-hybridized carbons (Fsp3) is 0.278. The van der Waals surface area contributed by atoms with Crippen molar-refractivity contribution in [3.63, 3.8) is 0 Å². The van der Waals surface area contributed by atoms with Crippen molar-refractivity contribution < 1.29 is 9.53 Å². The molecule has 1 amide bonds. The minimum absolute atomic E-state index is 0.516. The molecule has 3 rings (SSSR count). The predicted octanol–water partition coefficient (Wildman–Crippen LogP) is 4.33. The maximum absolute atomic E-state index is 11.6. The zero-order chi connectivity index (χ0) is 17.9. The van der Waals surface area contributed by atoms with E-state index >= 15 is 0 Å². The van der Waals surface area contributed by atoms with Gasteiger partial charge in [-0.3, -0.25) is 10.3 Å². The Morgan fingerprint density at radius 3 is 3.08 bits per heavy atom. The topological polar surface area (TPSA) is 68.5 Å². The molecule has 0 saturated heterocycles. The number of hydrogen-bond acceptors (Lipinski definition) is 5. The lowest BCUT2D eigenvalue weighted by Gasteiger charge is -2.18. The molecule has 0 bridgehead atoms. The van der Waals surface area contributed by atoms with E-state index in [1.807, 2.05) is 44.5 Å². The highest BCUT2D eigenvalue weighted by molar-refractivity contribution is 7.10. The van der Waals surface area contributed by atoms with Gasteiger partial charge < -0.3 is 9.30 Å². The summed E-state index contributed by atoms with van der Waals surface area (Å²) < 4.78 is 7.30. The van der Waals surface area contributed by atoms with Crippen molar-refractivity contribution in [1.82, 2.24) is 14.9 Å². The fourth-order valence-electron chi connectivity index (χ4n) is 2.32. The van der Waals surface area contributed by atoms with Crippen LogP contribution in [0.3, 0.4) is 0 Å². The number of hydrogen-bond donors (Lipinski definition) is 1. The lowest BCUT2D eigenvalue weighted by molar-refractivity contribution is 0.0565. The van der Waals surface area contributed by atoms with Gasteiger partial charge in [-0.05, 0) is 39.0 Å². The molecule has 1 N–H and O–H groups in total. The number of carbonyl (C=O) groups excluding carboxylic acids is 1. The molecule has 3 heterocycles. The van der Waals surface area contributed by atoms with Crippen molar-refractivity contribution in [2.75, 3.05) is 0 Å². The van der Waals surface area contributed by atoms with Crippen molar-refractivity contribution in [2.24, 2.45) is 4.99 Å². The van der Waals surface area contributed by atoms with Crippen LogP contribution in [0.2, 0.25) is 0 Å². The van der Waals surface area contributed by atoms with Crippen LogP contribution < -0.4 is 5.32 Å². The molecule has 0 saturated carbocycles. The quantitative estimate of drug-likeness (QED) is 0.559. The first kappa shape index (κ1) is 17.2. The Morgan fingerprint density at radius 2 is 2.28 bits per heavy atom. The predicted molar refractivity (Wildman–Crippen MR) is 101 cm³/mol. The average molecular weight is 356 g/mol. The summed E-state index contributed by atoms with van der Waals surface area (Å²) in [5, 5.41) is 5.63. The van der Waals surface area contributed by atoms with Gasteiger partial charge in [-0.25, -0.2) is 9.79 Å². The average Bonchev–Trinajstić information content (AvgIpc) is 3.14. The highest BCUT2D eigenvalue weighted by atomic mass is 32.1. The highest BCUT2D eigenvalue weighted by Crippen LogP contribution is 2.24. The molecule has 3 aromatic heterocycles. The molecule has 6 nitrogen and oxygen atoms in total. The van der Waals surface area contributed by atoms with Crippen LogP contribution in [0.1, 0.15) is 25.6 Å². The van der Waals surface area contributed by atoms with Gasteiger partial charge >= 0.3 is 6.09 Å². The maximum Gasteiger partial charge on any atom is 0.412 e. The van der Waals surface area contributed by atoms with Crippen LogP contribution >= 0.6 is 11.3 Å². The molecule has 0 aromatic carbocycles. The monoisotopic (exact) mass is 356 g/mol. The van der Waals surface area contributed by atoms with Gasteiger partial charge in [0.1, 0.15) is 5.60 Å². The number of alkyl carbamates (subject to hydrolysis) is 1. The summed E-state index contributed by atoms with van der Waals surface area (Å²) in [6.45, 7) is 6.20. The number of carbonyl (C=O) groups is 1. The second-order valence-electron chi connectivity index (χ2n) is 6.55. The second kappa shape index (κ2) is 7.06. The zero-order valence-corrected chi connectivity index (χ0v) is 15.2. The summed E-state index contributed by atoms with van der Waals surface area (Å²) in [6, 6.07) is 6.08. The van der Waals surface area contributed by atoms with Gasteiger partial charge in [0.15, 0.2) is 0 Å². The van der Waals surface area contributed by atoms with Crippen molar-refractivity contribution in [3.8, 4) is 0 Å². The molecule has 0 aliphatic heterocycles. The smallest absolute Gasteiger partial charge is 0.412 e.